The molecule has 0 aliphatic heterocycles. The van der Waals surface area contributed by atoms with Crippen LogP contribution in [0.5, 0.6) is 0 Å². The van der Waals surface area contributed by atoms with Gasteiger partial charge >= 0.3 is 5.69 Å². The van der Waals surface area contributed by atoms with Crippen LogP contribution in [0.25, 0.3) is 10.9 Å². The molecule has 2 N–H and O–H groups in total. The number of hydrogen-bond donors (Lipinski definition) is 1. The predicted octanol–water partition coefficient (Wildman–Crippen LogP) is 0.270. The molecule has 0 radical (unpaired) electrons. The van der Waals surface area contributed by atoms with Gasteiger partial charge in [0.05, 0.1) is 17.6 Å². The number of fused-ring (bicyclic) bond motifs is 1. The van der Waals surface area contributed by atoms with E-state index >= 15 is 0 Å². The van der Waals surface area contributed by atoms with E-state index in [0.29, 0.717) is 15.9 Å². The molecule has 0 unspecified atom stereocenters. The van der Waals surface area contributed by atoms with Gasteiger partial charge in [-0.3, -0.25) is 9.36 Å². The molecule has 84 valence electrons. The van der Waals surface area contributed by atoms with E-state index < -0.39 is 11.2 Å². The number of nitrogens with zero attached hydrogens (tertiary/aromatic N) is 2. The first-order valence-electron chi connectivity index (χ1n) is 4.65. The van der Waals surface area contributed by atoms with Crippen molar-refractivity contribution in [2.24, 2.45) is 12.8 Å². The van der Waals surface area contributed by atoms with E-state index in [1.165, 1.54) is 4.57 Å². The van der Waals surface area contributed by atoms with E-state index in [2.05, 4.69) is 0 Å². The minimum Gasteiger partial charge on any atom is -0.313 e. The van der Waals surface area contributed by atoms with Gasteiger partial charge in [0.15, 0.2) is 0 Å². The zero-order chi connectivity index (χ0) is 11.9. The van der Waals surface area contributed by atoms with Crippen LogP contribution in [0.15, 0.2) is 27.8 Å². The Hall–Kier alpha value is -1.59. The minimum atomic E-state index is -0.442. The van der Waals surface area contributed by atoms with Crippen molar-refractivity contribution in [1.29, 1.82) is 0 Å². The highest BCUT2D eigenvalue weighted by atomic mass is 35.5. The third-order valence-corrected chi connectivity index (χ3v) is 2.73. The van der Waals surface area contributed by atoms with Crippen LogP contribution < -0.4 is 17.0 Å². The second-order valence-electron chi connectivity index (χ2n) is 3.42. The van der Waals surface area contributed by atoms with Gasteiger partial charge in [0.25, 0.3) is 5.56 Å². The van der Waals surface area contributed by atoms with Crippen molar-refractivity contribution < 1.29 is 0 Å². The smallest absolute Gasteiger partial charge is 0.313 e. The summed E-state index contributed by atoms with van der Waals surface area (Å²) < 4.78 is 2.34. The molecule has 16 heavy (non-hydrogen) atoms. The molecular weight excluding hydrogens is 230 g/mol. The Labute approximate surface area is 95.7 Å². The summed E-state index contributed by atoms with van der Waals surface area (Å²) in [6, 6.07) is 4.78. The quantitative estimate of drug-likeness (QED) is 0.777. The van der Waals surface area contributed by atoms with Crippen molar-refractivity contribution in [3.63, 3.8) is 0 Å². The molecule has 0 fully saturated rings. The Morgan fingerprint density at radius 1 is 1.38 bits per heavy atom. The SMILES string of the molecule is Cn1c(=O)n(CN)c(=O)c2ccc(Cl)cc21. The number of benzene rings is 1. The Kier molecular flexibility index (Phi) is 2.57. The normalized spacial score (nSPS) is 10.9. The molecular formula is C10H10ClN3O2. The highest BCUT2D eigenvalue weighted by molar-refractivity contribution is 6.31. The number of aryl methyl sites for hydroxylation is 1. The molecule has 1 heterocycles. The zero-order valence-electron chi connectivity index (χ0n) is 8.61. The van der Waals surface area contributed by atoms with Crippen LogP contribution in [0, 0.1) is 0 Å². The number of aromatic nitrogens is 2. The van der Waals surface area contributed by atoms with Crippen molar-refractivity contribution in [2.45, 2.75) is 6.67 Å². The van der Waals surface area contributed by atoms with Crippen molar-refractivity contribution in [1.82, 2.24) is 9.13 Å². The first-order valence-corrected chi connectivity index (χ1v) is 5.03. The molecule has 2 aromatic rings. The van der Waals surface area contributed by atoms with Crippen LogP contribution in [-0.2, 0) is 13.7 Å². The fourth-order valence-corrected chi connectivity index (χ4v) is 1.81. The topological polar surface area (TPSA) is 70.0 Å². The lowest BCUT2D eigenvalue weighted by atomic mass is 10.2. The summed E-state index contributed by atoms with van der Waals surface area (Å²) in [5.41, 5.74) is 5.04. The predicted molar refractivity (Wildman–Crippen MR) is 62.6 cm³/mol. The average Bonchev–Trinajstić information content (AvgIpc) is 2.27. The molecule has 6 heteroatoms. The van der Waals surface area contributed by atoms with Crippen LogP contribution in [-0.4, -0.2) is 9.13 Å². The van der Waals surface area contributed by atoms with E-state index in [-0.39, 0.29) is 6.67 Å². The van der Waals surface area contributed by atoms with Gasteiger partial charge in [-0.2, -0.15) is 0 Å². The summed E-state index contributed by atoms with van der Waals surface area (Å²) in [4.78, 5) is 23.6. The molecule has 1 aromatic heterocycles. The lowest BCUT2D eigenvalue weighted by Crippen LogP contribution is -2.41. The minimum absolute atomic E-state index is 0.135. The Balaban J connectivity index is 3.08. The molecule has 0 aliphatic rings. The van der Waals surface area contributed by atoms with Gasteiger partial charge in [-0.05, 0) is 18.2 Å². The Bertz CT molecular complexity index is 672. The van der Waals surface area contributed by atoms with Crippen molar-refractivity contribution in [3.8, 4) is 0 Å². The average molecular weight is 240 g/mol. The lowest BCUT2D eigenvalue weighted by Gasteiger charge is -2.08. The number of hydrogen-bond acceptors (Lipinski definition) is 3. The molecule has 0 saturated carbocycles. The van der Waals surface area contributed by atoms with Gasteiger partial charge in [-0.15, -0.1) is 0 Å². The largest absolute Gasteiger partial charge is 0.332 e. The summed E-state index contributed by atoms with van der Waals surface area (Å²) >= 11 is 5.82. The van der Waals surface area contributed by atoms with Crippen molar-refractivity contribution in [3.05, 3.63) is 44.1 Å². The first kappa shape index (κ1) is 10.9. The summed E-state index contributed by atoms with van der Waals surface area (Å²) in [5.74, 6) is 0. The molecule has 1 aromatic carbocycles. The number of nitrogens with two attached hydrogens (primary N) is 1. The standard InChI is InChI=1S/C10H10ClN3O2/c1-13-8-4-6(11)2-3-7(8)9(15)14(5-12)10(13)16/h2-4H,5,12H2,1H3. The molecule has 0 amide bonds. The van der Waals surface area contributed by atoms with E-state index in [0.717, 1.165) is 4.57 Å². The maximum atomic E-state index is 11.9. The maximum Gasteiger partial charge on any atom is 0.332 e. The first-order chi connectivity index (χ1) is 7.56. The summed E-state index contributed by atoms with van der Waals surface area (Å²) in [6.07, 6.45) is 0. The second kappa shape index (κ2) is 3.77. The Morgan fingerprint density at radius 2 is 2.06 bits per heavy atom. The molecule has 2 rings (SSSR count). The van der Waals surface area contributed by atoms with Crippen LogP contribution in [0.2, 0.25) is 5.02 Å². The molecule has 0 saturated heterocycles. The van der Waals surface area contributed by atoms with E-state index in [4.69, 9.17) is 17.3 Å². The summed E-state index contributed by atoms with van der Waals surface area (Å²) in [6.45, 7) is -0.135. The number of halogens is 1. The zero-order valence-corrected chi connectivity index (χ0v) is 9.36. The van der Waals surface area contributed by atoms with Crippen LogP contribution >= 0.6 is 11.6 Å². The van der Waals surface area contributed by atoms with Gasteiger partial charge in [-0.1, -0.05) is 11.6 Å². The van der Waals surface area contributed by atoms with Gasteiger partial charge in [0.1, 0.15) is 0 Å². The molecule has 0 atom stereocenters. The third-order valence-electron chi connectivity index (χ3n) is 2.50. The van der Waals surface area contributed by atoms with E-state index in [1.807, 2.05) is 0 Å². The molecule has 0 bridgehead atoms. The highest BCUT2D eigenvalue weighted by Gasteiger charge is 2.09. The third kappa shape index (κ3) is 1.45. The molecule has 5 nitrogen and oxygen atoms in total. The van der Waals surface area contributed by atoms with Gasteiger partial charge in [0, 0.05) is 12.1 Å². The molecule has 0 spiro atoms. The van der Waals surface area contributed by atoms with Gasteiger partial charge < -0.3 is 5.73 Å². The summed E-state index contributed by atoms with van der Waals surface area (Å²) in [5, 5.41) is 0.907. The highest BCUT2D eigenvalue weighted by Crippen LogP contribution is 2.14. The van der Waals surface area contributed by atoms with Crippen LogP contribution in [0.4, 0.5) is 0 Å². The van der Waals surface area contributed by atoms with E-state index in [1.54, 1.807) is 25.2 Å². The summed E-state index contributed by atoms with van der Waals surface area (Å²) in [7, 11) is 1.58. The van der Waals surface area contributed by atoms with Crippen molar-refractivity contribution >= 4 is 22.5 Å². The number of rotatable bonds is 1. The van der Waals surface area contributed by atoms with Crippen LogP contribution in [0.3, 0.4) is 0 Å². The van der Waals surface area contributed by atoms with Crippen LogP contribution in [0.1, 0.15) is 0 Å². The molecule has 0 aliphatic carbocycles. The monoisotopic (exact) mass is 239 g/mol. The Morgan fingerprint density at radius 3 is 2.69 bits per heavy atom. The fraction of sp³-hybridized carbons (Fsp3) is 0.200. The van der Waals surface area contributed by atoms with E-state index in [9.17, 15) is 9.59 Å². The fourth-order valence-electron chi connectivity index (χ4n) is 1.64. The van der Waals surface area contributed by atoms with Gasteiger partial charge in [-0.25, -0.2) is 9.36 Å². The maximum absolute atomic E-state index is 11.9. The lowest BCUT2D eigenvalue weighted by molar-refractivity contribution is 0.623. The second-order valence-corrected chi connectivity index (χ2v) is 3.86. The van der Waals surface area contributed by atoms with Crippen molar-refractivity contribution in [2.75, 3.05) is 0 Å². The van der Waals surface area contributed by atoms with Gasteiger partial charge in [0.2, 0.25) is 0 Å².